The van der Waals surface area contributed by atoms with Crippen molar-refractivity contribution in [2.45, 2.75) is 56.9 Å². The molecule has 1 rings (SSSR count). The standard InChI is InChI=1S/C12H24O6/c1-3-4-5-6-17-7-8-9(13)10(14)11(15)12(16-2)18-8/h8-15H,3-7H2,1-2H3. The van der Waals surface area contributed by atoms with Gasteiger partial charge in [0.2, 0.25) is 0 Å². The number of hydrogen-bond donors (Lipinski definition) is 3. The second kappa shape index (κ2) is 8.04. The summed E-state index contributed by atoms with van der Waals surface area (Å²) in [5.74, 6) is 0. The fourth-order valence-electron chi connectivity index (χ4n) is 1.90. The third-order valence-electron chi connectivity index (χ3n) is 3.08. The van der Waals surface area contributed by atoms with Crippen molar-refractivity contribution in [2.75, 3.05) is 20.3 Å². The Morgan fingerprint density at radius 1 is 1.06 bits per heavy atom. The van der Waals surface area contributed by atoms with E-state index in [9.17, 15) is 15.3 Å². The van der Waals surface area contributed by atoms with Crippen molar-refractivity contribution >= 4 is 0 Å². The third kappa shape index (κ3) is 4.15. The molecule has 0 aromatic heterocycles. The van der Waals surface area contributed by atoms with E-state index >= 15 is 0 Å². The van der Waals surface area contributed by atoms with E-state index in [2.05, 4.69) is 6.92 Å². The van der Waals surface area contributed by atoms with Gasteiger partial charge in [-0.15, -0.1) is 0 Å². The van der Waals surface area contributed by atoms with Gasteiger partial charge in [-0.1, -0.05) is 19.8 Å². The molecule has 0 aromatic rings. The molecule has 6 heteroatoms. The molecule has 1 aliphatic rings. The van der Waals surface area contributed by atoms with Crippen LogP contribution in [0, 0.1) is 0 Å². The SMILES string of the molecule is CCCCCOCC1OC(OC)C(O)C(O)C1O. The molecule has 0 amide bonds. The van der Waals surface area contributed by atoms with Crippen molar-refractivity contribution in [2.24, 2.45) is 0 Å². The van der Waals surface area contributed by atoms with Crippen LogP contribution in [0.15, 0.2) is 0 Å². The molecule has 1 saturated heterocycles. The molecule has 0 saturated carbocycles. The van der Waals surface area contributed by atoms with Gasteiger partial charge in [-0.05, 0) is 6.42 Å². The predicted molar refractivity (Wildman–Crippen MR) is 64.0 cm³/mol. The molecule has 0 bridgehead atoms. The van der Waals surface area contributed by atoms with Crippen molar-refractivity contribution in [1.29, 1.82) is 0 Å². The molecule has 3 N–H and O–H groups in total. The highest BCUT2D eigenvalue weighted by atomic mass is 16.7. The maximum atomic E-state index is 9.75. The topological polar surface area (TPSA) is 88.4 Å². The number of hydrogen-bond acceptors (Lipinski definition) is 6. The third-order valence-corrected chi connectivity index (χ3v) is 3.08. The molecule has 1 aliphatic heterocycles. The molecular weight excluding hydrogens is 240 g/mol. The Bertz CT molecular complexity index is 223. The Kier molecular flexibility index (Phi) is 7.06. The number of ether oxygens (including phenoxy) is 3. The predicted octanol–water partition coefficient (Wildman–Crippen LogP) is -0.353. The molecule has 18 heavy (non-hydrogen) atoms. The molecule has 0 aliphatic carbocycles. The van der Waals surface area contributed by atoms with Crippen LogP contribution in [0.5, 0.6) is 0 Å². The Morgan fingerprint density at radius 2 is 1.78 bits per heavy atom. The fraction of sp³-hybridized carbons (Fsp3) is 1.00. The second-order valence-corrected chi connectivity index (χ2v) is 4.53. The number of unbranched alkanes of at least 4 members (excludes halogenated alkanes) is 2. The maximum absolute atomic E-state index is 9.75. The van der Waals surface area contributed by atoms with E-state index in [0.29, 0.717) is 6.61 Å². The number of aliphatic hydroxyl groups is 3. The van der Waals surface area contributed by atoms with Crippen molar-refractivity contribution in [3.63, 3.8) is 0 Å². The summed E-state index contributed by atoms with van der Waals surface area (Å²) in [6.07, 6.45) is -2.16. The molecule has 0 radical (unpaired) electrons. The summed E-state index contributed by atoms with van der Waals surface area (Å²) >= 11 is 0. The van der Waals surface area contributed by atoms with Crippen molar-refractivity contribution < 1.29 is 29.5 Å². The molecule has 5 unspecified atom stereocenters. The molecule has 1 heterocycles. The molecule has 0 spiro atoms. The minimum atomic E-state index is -1.28. The number of aliphatic hydroxyl groups excluding tert-OH is 3. The zero-order chi connectivity index (χ0) is 13.5. The van der Waals surface area contributed by atoms with E-state index in [0.717, 1.165) is 19.3 Å². The van der Waals surface area contributed by atoms with Crippen LogP contribution in [0.1, 0.15) is 26.2 Å². The Hall–Kier alpha value is -0.240. The van der Waals surface area contributed by atoms with Crippen molar-refractivity contribution in [3.8, 4) is 0 Å². The highest BCUT2D eigenvalue weighted by Gasteiger charge is 2.43. The summed E-state index contributed by atoms with van der Waals surface area (Å²) in [5, 5.41) is 29.0. The van der Waals surface area contributed by atoms with Crippen LogP contribution >= 0.6 is 0 Å². The van der Waals surface area contributed by atoms with Gasteiger partial charge in [0, 0.05) is 13.7 Å². The van der Waals surface area contributed by atoms with Gasteiger partial charge in [-0.2, -0.15) is 0 Å². The van der Waals surface area contributed by atoms with E-state index in [-0.39, 0.29) is 6.61 Å². The van der Waals surface area contributed by atoms with Gasteiger partial charge in [0.15, 0.2) is 6.29 Å². The Morgan fingerprint density at radius 3 is 2.39 bits per heavy atom. The number of rotatable bonds is 7. The summed E-state index contributed by atoms with van der Waals surface area (Å²) in [6, 6.07) is 0. The quantitative estimate of drug-likeness (QED) is 0.545. The largest absolute Gasteiger partial charge is 0.387 e. The van der Waals surface area contributed by atoms with Gasteiger partial charge in [0.25, 0.3) is 0 Å². The fourth-order valence-corrected chi connectivity index (χ4v) is 1.90. The van der Waals surface area contributed by atoms with Crippen LogP contribution in [0.25, 0.3) is 0 Å². The average Bonchev–Trinajstić information content (AvgIpc) is 2.38. The van der Waals surface area contributed by atoms with E-state index in [1.165, 1.54) is 7.11 Å². The summed E-state index contributed by atoms with van der Waals surface area (Å²) in [7, 11) is 1.37. The maximum Gasteiger partial charge on any atom is 0.186 e. The summed E-state index contributed by atoms with van der Waals surface area (Å²) in [5.41, 5.74) is 0. The monoisotopic (exact) mass is 264 g/mol. The van der Waals surface area contributed by atoms with Crippen molar-refractivity contribution in [1.82, 2.24) is 0 Å². The highest BCUT2D eigenvalue weighted by Crippen LogP contribution is 2.21. The summed E-state index contributed by atoms with van der Waals surface area (Å²) in [4.78, 5) is 0. The van der Waals surface area contributed by atoms with Gasteiger partial charge in [0.05, 0.1) is 6.61 Å². The minimum absolute atomic E-state index is 0.175. The first-order valence-corrected chi connectivity index (χ1v) is 6.42. The van der Waals surface area contributed by atoms with Gasteiger partial charge in [-0.3, -0.25) is 0 Å². The number of methoxy groups -OCH3 is 1. The van der Waals surface area contributed by atoms with E-state index in [1.54, 1.807) is 0 Å². The lowest BCUT2D eigenvalue weighted by Gasteiger charge is -2.39. The normalized spacial score (nSPS) is 36.8. The molecule has 1 fully saturated rings. The van der Waals surface area contributed by atoms with Gasteiger partial charge >= 0.3 is 0 Å². The second-order valence-electron chi connectivity index (χ2n) is 4.53. The zero-order valence-electron chi connectivity index (χ0n) is 11.0. The first kappa shape index (κ1) is 15.8. The van der Waals surface area contributed by atoms with Crippen LogP contribution in [0.3, 0.4) is 0 Å². The minimum Gasteiger partial charge on any atom is -0.387 e. The molecular formula is C12H24O6. The summed E-state index contributed by atoms with van der Waals surface area (Å²) in [6.45, 7) is 2.88. The van der Waals surface area contributed by atoms with Crippen LogP contribution in [0.4, 0.5) is 0 Å². The smallest absolute Gasteiger partial charge is 0.186 e. The molecule has 6 nitrogen and oxygen atoms in total. The van der Waals surface area contributed by atoms with Crippen LogP contribution in [0.2, 0.25) is 0 Å². The molecule has 5 atom stereocenters. The van der Waals surface area contributed by atoms with Gasteiger partial charge in [-0.25, -0.2) is 0 Å². The average molecular weight is 264 g/mol. The van der Waals surface area contributed by atoms with E-state index in [4.69, 9.17) is 14.2 Å². The van der Waals surface area contributed by atoms with Gasteiger partial charge < -0.3 is 29.5 Å². The lowest BCUT2D eigenvalue weighted by molar-refractivity contribution is -0.296. The summed E-state index contributed by atoms with van der Waals surface area (Å²) < 4.78 is 15.6. The van der Waals surface area contributed by atoms with Crippen LogP contribution < -0.4 is 0 Å². The van der Waals surface area contributed by atoms with Gasteiger partial charge in [0.1, 0.15) is 24.4 Å². The van der Waals surface area contributed by atoms with Crippen LogP contribution in [-0.2, 0) is 14.2 Å². The molecule has 108 valence electrons. The highest BCUT2D eigenvalue weighted by molar-refractivity contribution is 4.88. The molecule has 0 aromatic carbocycles. The Balaban J connectivity index is 2.35. The van der Waals surface area contributed by atoms with E-state index in [1.807, 2.05) is 0 Å². The zero-order valence-corrected chi connectivity index (χ0v) is 11.0. The first-order valence-electron chi connectivity index (χ1n) is 6.42. The van der Waals surface area contributed by atoms with Crippen molar-refractivity contribution in [3.05, 3.63) is 0 Å². The lowest BCUT2D eigenvalue weighted by atomic mass is 9.99. The lowest BCUT2D eigenvalue weighted by Crippen LogP contribution is -2.59. The first-order chi connectivity index (χ1) is 8.61. The van der Waals surface area contributed by atoms with Crippen LogP contribution in [-0.4, -0.2) is 66.3 Å². The van der Waals surface area contributed by atoms with E-state index < -0.39 is 30.7 Å². The Labute approximate surface area is 107 Å².